The van der Waals surface area contributed by atoms with Crippen LogP contribution in [0.25, 0.3) is 10.9 Å². The Kier molecular flexibility index (Phi) is 3.34. The van der Waals surface area contributed by atoms with Crippen LogP contribution in [0, 0.1) is 0 Å². The molecule has 3 rings (SSSR count). The first-order chi connectivity index (χ1) is 10.3. The highest BCUT2D eigenvalue weighted by Gasteiger charge is 2.10. The first kappa shape index (κ1) is 12.9. The maximum Gasteiger partial charge on any atom is 0.230 e. The standard InChI is InChI=1S/C15H12N4O2/c16-14(19-20)12-5-3-7-17-15(12)21-11-8-10-4-1-2-6-13(10)18-9-11/h1-9,20H,(H2,16,19). The van der Waals surface area contributed by atoms with Gasteiger partial charge in [-0.15, -0.1) is 0 Å². The minimum atomic E-state index is -0.0631. The third kappa shape index (κ3) is 2.59. The zero-order valence-corrected chi connectivity index (χ0v) is 11.0. The number of oxime groups is 1. The van der Waals surface area contributed by atoms with Crippen molar-refractivity contribution in [3.05, 3.63) is 60.4 Å². The van der Waals surface area contributed by atoms with Crippen LogP contribution in [0.5, 0.6) is 11.6 Å². The minimum absolute atomic E-state index is 0.0631. The van der Waals surface area contributed by atoms with Crippen molar-refractivity contribution in [3.63, 3.8) is 0 Å². The third-order valence-corrected chi connectivity index (χ3v) is 2.93. The molecular formula is C15H12N4O2. The maximum atomic E-state index is 8.79. The van der Waals surface area contributed by atoms with E-state index in [1.807, 2.05) is 30.3 Å². The Morgan fingerprint density at radius 3 is 2.86 bits per heavy atom. The molecule has 3 N–H and O–H groups in total. The van der Waals surface area contributed by atoms with Gasteiger partial charge in [-0.25, -0.2) is 4.98 Å². The van der Waals surface area contributed by atoms with Gasteiger partial charge in [-0.1, -0.05) is 23.4 Å². The Bertz CT molecular complexity index is 817. The van der Waals surface area contributed by atoms with E-state index in [0.717, 1.165) is 10.9 Å². The van der Waals surface area contributed by atoms with Crippen molar-refractivity contribution in [1.29, 1.82) is 0 Å². The predicted molar refractivity (Wildman–Crippen MR) is 78.6 cm³/mol. The van der Waals surface area contributed by atoms with Gasteiger partial charge < -0.3 is 15.7 Å². The fourth-order valence-corrected chi connectivity index (χ4v) is 1.94. The molecule has 1 aromatic carbocycles. The van der Waals surface area contributed by atoms with Crippen LogP contribution in [0.4, 0.5) is 0 Å². The molecule has 0 spiro atoms. The Morgan fingerprint density at radius 1 is 1.14 bits per heavy atom. The lowest BCUT2D eigenvalue weighted by molar-refractivity contribution is 0.318. The number of aromatic nitrogens is 2. The summed E-state index contributed by atoms with van der Waals surface area (Å²) >= 11 is 0. The molecule has 6 nitrogen and oxygen atoms in total. The van der Waals surface area contributed by atoms with Crippen molar-refractivity contribution in [2.75, 3.05) is 0 Å². The summed E-state index contributed by atoms with van der Waals surface area (Å²) in [5, 5.41) is 12.7. The highest BCUT2D eigenvalue weighted by atomic mass is 16.5. The number of hydrogen-bond acceptors (Lipinski definition) is 5. The molecule has 6 heteroatoms. The molecule has 0 saturated heterocycles. The van der Waals surface area contributed by atoms with Crippen LogP contribution < -0.4 is 10.5 Å². The summed E-state index contributed by atoms with van der Waals surface area (Å²) in [6.45, 7) is 0. The van der Waals surface area contributed by atoms with Crippen molar-refractivity contribution in [3.8, 4) is 11.6 Å². The van der Waals surface area contributed by atoms with E-state index < -0.39 is 0 Å². The number of rotatable bonds is 3. The van der Waals surface area contributed by atoms with E-state index in [4.69, 9.17) is 15.7 Å². The molecule has 2 heterocycles. The summed E-state index contributed by atoms with van der Waals surface area (Å²) in [5.74, 6) is 0.719. The summed E-state index contributed by atoms with van der Waals surface area (Å²) in [5.41, 5.74) is 6.89. The van der Waals surface area contributed by atoms with Crippen molar-refractivity contribution >= 4 is 16.7 Å². The second kappa shape index (κ2) is 5.46. The van der Waals surface area contributed by atoms with E-state index in [0.29, 0.717) is 11.3 Å². The third-order valence-electron chi connectivity index (χ3n) is 2.93. The van der Waals surface area contributed by atoms with Crippen molar-refractivity contribution in [2.24, 2.45) is 10.9 Å². The molecule has 0 bridgehead atoms. The minimum Gasteiger partial charge on any atom is -0.437 e. The molecule has 21 heavy (non-hydrogen) atoms. The number of nitrogens with zero attached hydrogens (tertiary/aromatic N) is 3. The molecule has 0 aliphatic rings. The molecule has 104 valence electrons. The molecule has 0 fully saturated rings. The van der Waals surface area contributed by atoms with E-state index in [1.165, 1.54) is 0 Å². The molecule has 0 atom stereocenters. The smallest absolute Gasteiger partial charge is 0.230 e. The highest BCUT2D eigenvalue weighted by molar-refractivity contribution is 5.99. The van der Waals surface area contributed by atoms with E-state index in [1.54, 1.807) is 24.5 Å². The second-order valence-corrected chi connectivity index (χ2v) is 4.31. The van der Waals surface area contributed by atoms with Gasteiger partial charge >= 0.3 is 0 Å². The molecule has 0 amide bonds. The summed E-state index contributed by atoms with van der Waals surface area (Å²) in [6.07, 6.45) is 3.17. The monoisotopic (exact) mass is 280 g/mol. The SMILES string of the molecule is N/C(=N/O)c1cccnc1Oc1cnc2ccccc2c1. The number of nitrogens with two attached hydrogens (primary N) is 1. The summed E-state index contributed by atoms with van der Waals surface area (Å²) < 4.78 is 5.70. The summed E-state index contributed by atoms with van der Waals surface area (Å²) in [7, 11) is 0. The molecule has 0 saturated carbocycles. The maximum absolute atomic E-state index is 8.79. The normalized spacial score (nSPS) is 11.5. The van der Waals surface area contributed by atoms with Crippen molar-refractivity contribution in [1.82, 2.24) is 9.97 Å². The molecule has 2 aromatic heterocycles. The van der Waals surface area contributed by atoms with E-state index in [9.17, 15) is 0 Å². The van der Waals surface area contributed by atoms with Crippen LogP contribution in [0.15, 0.2) is 60.0 Å². The Labute approximate surface area is 120 Å². The average Bonchev–Trinajstić information content (AvgIpc) is 2.54. The van der Waals surface area contributed by atoms with Gasteiger partial charge in [-0.05, 0) is 24.3 Å². The van der Waals surface area contributed by atoms with E-state index in [-0.39, 0.29) is 11.7 Å². The molecule has 0 aliphatic carbocycles. The topological polar surface area (TPSA) is 93.6 Å². The highest BCUT2D eigenvalue weighted by Crippen LogP contribution is 2.24. The first-order valence-electron chi connectivity index (χ1n) is 6.23. The predicted octanol–water partition coefficient (Wildman–Crippen LogP) is 2.52. The van der Waals surface area contributed by atoms with E-state index >= 15 is 0 Å². The van der Waals surface area contributed by atoms with Gasteiger partial charge in [0.25, 0.3) is 0 Å². The average molecular weight is 280 g/mol. The van der Waals surface area contributed by atoms with Gasteiger partial charge in [0.1, 0.15) is 5.75 Å². The zero-order valence-electron chi connectivity index (χ0n) is 11.0. The van der Waals surface area contributed by atoms with Gasteiger partial charge in [0.15, 0.2) is 5.84 Å². The van der Waals surface area contributed by atoms with Gasteiger partial charge in [0, 0.05) is 11.6 Å². The number of pyridine rings is 2. The molecule has 0 aliphatic heterocycles. The summed E-state index contributed by atoms with van der Waals surface area (Å²) in [4.78, 5) is 8.41. The number of ether oxygens (including phenoxy) is 1. The largest absolute Gasteiger partial charge is 0.437 e. The lowest BCUT2D eigenvalue weighted by Gasteiger charge is -2.09. The van der Waals surface area contributed by atoms with Crippen LogP contribution in [-0.2, 0) is 0 Å². The Balaban J connectivity index is 1.99. The van der Waals surface area contributed by atoms with Gasteiger partial charge in [0.05, 0.1) is 17.3 Å². The lowest BCUT2D eigenvalue weighted by atomic mass is 10.2. The van der Waals surface area contributed by atoms with Gasteiger partial charge in [-0.3, -0.25) is 4.98 Å². The van der Waals surface area contributed by atoms with Crippen LogP contribution in [0.1, 0.15) is 5.56 Å². The van der Waals surface area contributed by atoms with Crippen LogP contribution in [0.2, 0.25) is 0 Å². The van der Waals surface area contributed by atoms with Gasteiger partial charge in [0.2, 0.25) is 5.88 Å². The van der Waals surface area contributed by atoms with Crippen LogP contribution in [0.3, 0.4) is 0 Å². The van der Waals surface area contributed by atoms with Crippen LogP contribution in [-0.4, -0.2) is 21.0 Å². The quantitative estimate of drug-likeness (QED) is 0.333. The molecular weight excluding hydrogens is 268 g/mol. The van der Waals surface area contributed by atoms with Gasteiger partial charge in [-0.2, -0.15) is 0 Å². The molecule has 0 radical (unpaired) electrons. The lowest BCUT2D eigenvalue weighted by Crippen LogP contribution is -2.14. The molecule has 3 aromatic rings. The Hall–Kier alpha value is -3.15. The van der Waals surface area contributed by atoms with Crippen molar-refractivity contribution in [2.45, 2.75) is 0 Å². The number of amidine groups is 1. The first-order valence-corrected chi connectivity index (χ1v) is 6.23. The molecule has 0 unspecified atom stereocenters. The number of fused-ring (bicyclic) bond motifs is 1. The van der Waals surface area contributed by atoms with Crippen molar-refractivity contribution < 1.29 is 9.94 Å². The fraction of sp³-hybridized carbons (Fsp3) is 0. The van der Waals surface area contributed by atoms with Crippen LogP contribution >= 0.6 is 0 Å². The number of benzene rings is 1. The number of para-hydroxylation sites is 1. The zero-order chi connectivity index (χ0) is 14.7. The fourth-order valence-electron chi connectivity index (χ4n) is 1.94. The second-order valence-electron chi connectivity index (χ2n) is 4.31. The summed E-state index contributed by atoms with van der Waals surface area (Å²) in [6, 6.07) is 12.9. The number of hydrogen-bond donors (Lipinski definition) is 2. The Morgan fingerprint density at radius 2 is 2.00 bits per heavy atom. The van der Waals surface area contributed by atoms with E-state index in [2.05, 4.69) is 15.1 Å².